The number of carboxylic acid groups (broad SMARTS) is 1. The highest BCUT2D eigenvalue weighted by Crippen LogP contribution is 2.48. The third-order valence-corrected chi connectivity index (χ3v) is 9.85. The van der Waals surface area contributed by atoms with E-state index in [9.17, 15) is 14.3 Å². The Labute approximate surface area is 220 Å². The lowest BCUT2D eigenvalue weighted by Crippen LogP contribution is -2.47. The van der Waals surface area contributed by atoms with E-state index < -0.39 is 12.0 Å². The quantitative estimate of drug-likeness (QED) is 0.583. The molecular weight excluding hydrogens is 467 g/mol. The zero-order valence-electron chi connectivity index (χ0n) is 23.1. The van der Waals surface area contributed by atoms with Gasteiger partial charge in [-0.25, -0.2) is 4.39 Å². The number of nitrogens with zero attached hydrogens (tertiary/aromatic N) is 4. The van der Waals surface area contributed by atoms with Crippen LogP contribution >= 0.6 is 0 Å². The Balaban J connectivity index is 1.32. The SMILES string of the molecule is Cc1nn(C)c2c1CCC21CCN(C[C@H]2C[C@H](N(C)[C@@H](C(=O)O)C(C)C)C[C@@H]2c2cccc(F)c2)CC1. The monoisotopic (exact) mass is 510 g/mol. The second kappa shape index (κ2) is 10.1. The van der Waals surface area contributed by atoms with Crippen LogP contribution in [-0.2, 0) is 23.7 Å². The second-order valence-electron chi connectivity index (χ2n) is 12.4. The molecule has 37 heavy (non-hydrogen) atoms. The summed E-state index contributed by atoms with van der Waals surface area (Å²) in [4.78, 5) is 16.8. The molecule has 1 aromatic heterocycles. The molecule has 7 heteroatoms. The Morgan fingerprint density at radius 3 is 2.62 bits per heavy atom. The van der Waals surface area contributed by atoms with Crippen LogP contribution in [0.5, 0.6) is 0 Å². The highest BCUT2D eigenvalue weighted by atomic mass is 19.1. The first kappa shape index (κ1) is 26.4. The van der Waals surface area contributed by atoms with Gasteiger partial charge in [-0.05, 0) is 107 Å². The van der Waals surface area contributed by atoms with Crippen LogP contribution in [0.2, 0.25) is 0 Å². The van der Waals surface area contributed by atoms with Crippen molar-refractivity contribution in [2.45, 2.75) is 82.7 Å². The van der Waals surface area contributed by atoms with E-state index in [-0.39, 0.29) is 29.1 Å². The Bertz CT molecular complexity index is 1140. The van der Waals surface area contributed by atoms with Gasteiger partial charge in [-0.3, -0.25) is 14.4 Å². The molecule has 4 atom stereocenters. The van der Waals surface area contributed by atoms with E-state index in [1.807, 2.05) is 27.0 Å². The molecule has 1 saturated heterocycles. The summed E-state index contributed by atoms with van der Waals surface area (Å²) in [6, 6.07) is 6.73. The standard InChI is InChI=1S/C30H43FN4O2/c1-19(2)27(29(36)37)33(4)24-16-22(26(17-24)21-7-6-8-23(31)15-21)18-35-13-11-30(12-14-35)10-9-25-20(3)32-34(5)28(25)30/h6-8,15,19,22,24,26-27H,9-14,16-18H2,1-5H3,(H,36,37)/t22-,24+,26-,27-/m1/s1. The molecule has 6 nitrogen and oxygen atoms in total. The number of fused-ring (bicyclic) bond motifs is 2. The number of halogens is 1. The van der Waals surface area contributed by atoms with Gasteiger partial charge in [0.25, 0.3) is 0 Å². The minimum atomic E-state index is -0.758. The van der Waals surface area contributed by atoms with Crippen LogP contribution in [0.25, 0.3) is 0 Å². The van der Waals surface area contributed by atoms with Crippen molar-refractivity contribution in [1.29, 1.82) is 0 Å². The van der Waals surface area contributed by atoms with Gasteiger partial charge in [-0.2, -0.15) is 5.10 Å². The number of likely N-dealkylation sites (N-methyl/N-ethyl adjacent to an activating group) is 1. The molecule has 1 saturated carbocycles. The van der Waals surface area contributed by atoms with Crippen LogP contribution in [0.4, 0.5) is 4.39 Å². The minimum absolute atomic E-state index is 0.0272. The lowest BCUT2D eigenvalue weighted by atomic mass is 9.75. The van der Waals surface area contributed by atoms with Crippen LogP contribution < -0.4 is 0 Å². The zero-order valence-corrected chi connectivity index (χ0v) is 23.1. The molecule has 5 rings (SSSR count). The third kappa shape index (κ3) is 4.85. The average Bonchev–Trinajstić information content (AvgIpc) is 3.50. The van der Waals surface area contributed by atoms with Crippen LogP contribution in [0.15, 0.2) is 24.3 Å². The summed E-state index contributed by atoms with van der Waals surface area (Å²) < 4.78 is 16.4. The number of benzene rings is 1. The predicted molar refractivity (Wildman–Crippen MR) is 143 cm³/mol. The number of carboxylic acids is 1. The number of rotatable bonds is 7. The van der Waals surface area contributed by atoms with E-state index in [4.69, 9.17) is 5.10 Å². The van der Waals surface area contributed by atoms with Gasteiger partial charge in [0, 0.05) is 30.7 Å². The summed E-state index contributed by atoms with van der Waals surface area (Å²) in [6.45, 7) is 9.22. The first-order valence-corrected chi connectivity index (χ1v) is 14.0. The van der Waals surface area contributed by atoms with Gasteiger partial charge in [0.15, 0.2) is 0 Å². The highest BCUT2D eigenvalue weighted by Gasteiger charge is 2.46. The molecule has 1 aliphatic heterocycles. The molecule has 1 aromatic carbocycles. The van der Waals surface area contributed by atoms with Crippen LogP contribution in [-0.4, -0.2) is 69.4 Å². The predicted octanol–water partition coefficient (Wildman–Crippen LogP) is 4.75. The van der Waals surface area contributed by atoms with Crippen molar-refractivity contribution in [2.75, 3.05) is 26.7 Å². The van der Waals surface area contributed by atoms with Gasteiger partial charge in [-0.1, -0.05) is 26.0 Å². The van der Waals surface area contributed by atoms with Crippen molar-refractivity contribution in [1.82, 2.24) is 19.6 Å². The van der Waals surface area contributed by atoms with Gasteiger partial charge in [0.05, 0.1) is 5.69 Å². The Morgan fingerprint density at radius 2 is 1.97 bits per heavy atom. The molecule has 202 valence electrons. The first-order valence-electron chi connectivity index (χ1n) is 14.0. The van der Waals surface area contributed by atoms with Crippen LogP contribution in [0.1, 0.15) is 74.4 Å². The van der Waals surface area contributed by atoms with Crippen LogP contribution in [0.3, 0.4) is 0 Å². The van der Waals surface area contributed by atoms with Crippen molar-refractivity contribution in [2.24, 2.45) is 18.9 Å². The highest BCUT2D eigenvalue weighted by molar-refractivity contribution is 5.73. The Morgan fingerprint density at radius 1 is 1.24 bits per heavy atom. The van der Waals surface area contributed by atoms with Gasteiger partial charge in [0.1, 0.15) is 11.9 Å². The number of piperidine rings is 1. The molecule has 1 N–H and O–H groups in total. The molecule has 2 heterocycles. The summed E-state index contributed by atoms with van der Waals surface area (Å²) >= 11 is 0. The summed E-state index contributed by atoms with van der Waals surface area (Å²) in [5.74, 6) is -0.311. The summed E-state index contributed by atoms with van der Waals surface area (Å²) in [5, 5.41) is 14.6. The van der Waals surface area contributed by atoms with E-state index in [0.29, 0.717) is 5.92 Å². The van der Waals surface area contributed by atoms with Gasteiger partial charge in [-0.15, -0.1) is 0 Å². The van der Waals surface area contributed by atoms with Crippen LogP contribution in [0, 0.1) is 24.6 Å². The fraction of sp³-hybridized carbons (Fsp3) is 0.667. The van der Waals surface area contributed by atoms with Crippen molar-refractivity contribution < 1.29 is 14.3 Å². The van der Waals surface area contributed by atoms with E-state index in [1.54, 1.807) is 6.07 Å². The largest absolute Gasteiger partial charge is 0.480 e. The average molecular weight is 511 g/mol. The lowest BCUT2D eigenvalue weighted by molar-refractivity contribution is -0.145. The number of likely N-dealkylation sites (tertiary alicyclic amines) is 1. The molecule has 1 spiro atoms. The van der Waals surface area contributed by atoms with Gasteiger partial charge in [0.2, 0.25) is 0 Å². The molecule has 0 radical (unpaired) electrons. The molecule has 0 amide bonds. The molecule has 0 bridgehead atoms. The van der Waals surface area contributed by atoms with Gasteiger partial charge >= 0.3 is 5.97 Å². The Hall–Kier alpha value is -2.25. The molecule has 3 aliphatic rings. The molecule has 2 fully saturated rings. The van der Waals surface area contributed by atoms with Gasteiger partial charge < -0.3 is 10.0 Å². The van der Waals surface area contributed by atoms with Crippen molar-refractivity contribution in [3.63, 3.8) is 0 Å². The molecule has 2 aliphatic carbocycles. The lowest BCUT2D eigenvalue weighted by Gasteiger charge is -2.41. The van der Waals surface area contributed by atoms with Crippen molar-refractivity contribution in [3.05, 3.63) is 52.6 Å². The maximum Gasteiger partial charge on any atom is 0.321 e. The van der Waals surface area contributed by atoms with Crippen molar-refractivity contribution >= 4 is 5.97 Å². The number of aryl methyl sites for hydroxylation is 2. The number of aromatic nitrogens is 2. The number of carbonyl (C=O) groups is 1. The second-order valence-corrected chi connectivity index (χ2v) is 12.4. The summed E-state index contributed by atoms with van der Waals surface area (Å²) in [6.07, 6.45) is 6.52. The first-order chi connectivity index (χ1) is 17.6. The number of hydrogen-bond acceptors (Lipinski definition) is 4. The third-order valence-electron chi connectivity index (χ3n) is 9.85. The maximum absolute atomic E-state index is 14.2. The smallest absolute Gasteiger partial charge is 0.321 e. The Kier molecular flexibility index (Phi) is 7.22. The molecular formula is C30H43FN4O2. The fourth-order valence-corrected chi connectivity index (χ4v) is 8.06. The van der Waals surface area contributed by atoms with E-state index in [1.165, 1.54) is 29.4 Å². The normalized spacial score (nSPS) is 26.3. The minimum Gasteiger partial charge on any atom is -0.480 e. The van der Waals surface area contributed by atoms with E-state index in [2.05, 4.69) is 34.5 Å². The summed E-state index contributed by atoms with van der Waals surface area (Å²) in [7, 11) is 4.07. The summed E-state index contributed by atoms with van der Waals surface area (Å²) in [5.41, 5.74) is 5.45. The topological polar surface area (TPSA) is 61.6 Å². The molecule has 0 unspecified atom stereocenters. The van der Waals surface area contributed by atoms with Crippen molar-refractivity contribution in [3.8, 4) is 0 Å². The van der Waals surface area contributed by atoms with E-state index >= 15 is 0 Å². The zero-order chi connectivity index (χ0) is 26.5. The molecule has 2 aromatic rings. The number of hydrogen-bond donors (Lipinski definition) is 1. The maximum atomic E-state index is 14.2. The van der Waals surface area contributed by atoms with E-state index in [0.717, 1.165) is 57.3 Å². The fourth-order valence-electron chi connectivity index (χ4n) is 8.06. The number of aliphatic carboxylic acids is 1.